The SMILES string of the molecule is CN(CC(=O)Nc1cccc(Cl)c1)C(=O)C1=NN(c2ccccc2)C(C(N)=O)C1. The van der Waals surface area contributed by atoms with Crippen LogP contribution in [-0.4, -0.2) is 48.0 Å². The normalized spacial score (nSPS) is 15.6. The minimum Gasteiger partial charge on any atom is -0.368 e. The number of hydrazone groups is 1. The van der Waals surface area contributed by atoms with Crippen molar-refractivity contribution in [3.05, 3.63) is 59.6 Å². The molecule has 1 unspecified atom stereocenters. The highest BCUT2D eigenvalue weighted by Gasteiger charge is 2.36. The maximum atomic E-state index is 12.7. The molecule has 1 aliphatic heterocycles. The molecule has 0 spiro atoms. The van der Waals surface area contributed by atoms with Crippen LogP contribution in [0.15, 0.2) is 59.7 Å². The van der Waals surface area contributed by atoms with Crippen LogP contribution < -0.4 is 16.1 Å². The zero-order valence-corrected chi connectivity index (χ0v) is 16.5. The van der Waals surface area contributed by atoms with Crippen LogP contribution in [0.25, 0.3) is 0 Å². The predicted molar refractivity (Wildman–Crippen MR) is 112 cm³/mol. The second kappa shape index (κ2) is 8.74. The number of hydrogen-bond donors (Lipinski definition) is 2. The van der Waals surface area contributed by atoms with Crippen LogP contribution in [0.5, 0.6) is 0 Å². The van der Waals surface area contributed by atoms with E-state index in [1.807, 2.05) is 6.07 Å². The zero-order chi connectivity index (χ0) is 21.0. The molecule has 8 nitrogen and oxygen atoms in total. The fourth-order valence-electron chi connectivity index (χ4n) is 2.95. The van der Waals surface area contributed by atoms with Gasteiger partial charge in [0.1, 0.15) is 11.8 Å². The van der Waals surface area contributed by atoms with E-state index in [-0.39, 0.29) is 24.6 Å². The van der Waals surface area contributed by atoms with Crippen LogP contribution >= 0.6 is 11.6 Å². The summed E-state index contributed by atoms with van der Waals surface area (Å²) in [6, 6.07) is 14.9. The lowest BCUT2D eigenvalue weighted by Gasteiger charge is -2.20. The first-order valence-electron chi connectivity index (χ1n) is 8.87. The molecule has 1 heterocycles. The molecule has 29 heavy (non-hydrogen) atoms. The largest absolute Gasteiger partial charge is 0.368 e. The average molecular weight is 414 g/mol. The standard InChI is InChI=1S/C20H20ClN5O3/c1-25(12-18(27)23-14-7-5-6-13(21)10-14)20(29)16-11-17(19(22)28)26(24-16)15-8-3-2-4-9-15/h2-10,17H,11-12H2,1H3,(H2,22,28)(H,23,27). The molecular formula is C20H20ClN5O3. The van der Waals surface area contributed by atoms with Gasteiger partial charge in [0.2, 0.25) is 11.8 Å². The second-order valence-electron chi connectivity index (χ2n) is 6.57. The monoisotopic (exact) mass is 413 g/mol. The van der Waals surface area contributed by atoms with Crippen LogP contribution in [0, 0.1) is 0 Å². The summed E-state index contributed by atoms with van der Waals surface area (Å²) < 4.78 is 0. The fourth-order valence-corrected chi connectivity index (χ4v) is 3.14. The summed E-state index contributed by atoms with van der Waals surface area (Å²) in [4.78, 5) is 38.1. The van der Waals surface area contributed by atoms with Crippen LogP contribution in [0.2, 0.25) is 5.02 Å². The molecule has 0 saturated carbocycles. The van der Waals surface area contributed by atoms with Crippen molar-refractivity contribution in [2.24, 2.45) is 10.8 Å². The molecule has 0 saturated heterocycles. The molecule has 150 valence electrons. The lowest BCUT2D eigenvalue weighted by atomic mass is 10.1. The van der Waals surface area contributed by atoms with Crippen molar-refractivity contribution < 1.29 is 14.4 Å². The molecule has 0 aliphatic carbocycles. The Morgan fingerprint density at radius 3 is 2.59 bits per heavy atom. The van der Waals surface area contributed by atoms with Crippen molar-refractivity contribution in [2.45, 2.75) is 12.5 Å². The summed E-state index contributed by atoms with van der Waals surface area (Å²) in [5, 5.41) is 8.90. The summed E-state index contributed by atoms with van der Waals surface area (Å²) in [6.45, 7) is -0.184. The number of nitrogens with one attached hydrogen (secondary N) is 1. The molecule has 2 aromatic rings. The number of benzene rings is 2. The van der Waals surface area contributed by atoms with Crippen molar-refractivity contribution in [2.75, 3.05) is 23.9 Å². The Kier molecular flexibility index (Phi) is 6.13. The number of carbonyl (C=O) groups is 3. The molecule has 0 bridgehead atoms. The average Bonchev–Trinajstić information content (AvgIpc) is 3.13. The van der Waals surface area contributed by atoms with Gasteiger partial charge >= 0.3 is 0 Å². The van der Waals surface area contributed by atoms with E-state index < -0.39 is 17.9 Å². The van der Waals surface area contributed by atoms with E-state index in [1.54, 1.807) is 48.5 Å². The number of anilines is 2. The summed E-state index contributed by atoms with van der Waals surface area (Å²) in [5.41, 5.74) is 6.84. The predicted octanol–water partition coefficient (Wildman–Crippen LogP) is 1.86. The number of nitrogens with two attached hydrogens (primary N) is 1. The first-order valence-corrected chi connectivity index (χ1v) is 9.25. The molecular weight excluding hydrogens is 394 g/mol. The Morgan fingerprint density at radius 2 is 1.93 bits per heavy atom. The summed E-state index contributed by atoms with van der Waals surface area (Å²) in [5.74, 6) is -1.41. The first-order chi connectivity index (χ1) is 13.8. The molecule has 0 fully saturated rings. The van der Waals surface area contributed by atoms with Gasteiger partial charge in [-0.15, -0.1) is 0 Å². The number of para-hydroxylation sites is 1. The Labute approximate surface area is 172 Å². The highest BCUT2D eigenvalue weighted by Crippen LogP contribution is 2.24. The van der Waals surface area contributed by atoms with E-state index >= 15 is 0 Å². The van der Waals surface area contributed by atoms with Crippen LogP contribution in [-0.2, 0) is 14.4 Å². The Hall–Kier alpha value is -3.39. The zero-order valence-electron chi connectivity index (χ0n) is 15.7. The van der Waals surface area contributed by atoms with Crippen LogP contribution in [0.4, 0.5) is 11.4 Å². The minimum absolute atomic E-state index is 0.0727. The van der Waals surface area contributed by atoms with Crippen molar-refractivity contribution in [1.82, 2.24) is 4.90 Å². The van der Waals surface area contributed by atoms with Crippen molar-refractivity contribution >= 4 is 46.4 Å². The van der Waals surface area contributed by atoms with Crippen molar-refractivity contribution in [3.8, 4) is 0 Å². The molecule has 1 aliphatic rings. The number of nitrogens with zero attached hydrogens (tertiary/aromatic N) is 3. The number of carbonyl (C=O) groups excluding carboxylic acids is 3. The highest BCUT2D eigenvalue weighted by molar-refractivity contribution is 6.40. The quantitative estimate of drug-likeness (QED) is 0.753. The van der Waals surface area contributed by atoms with E-state index in [0.29, 0.717) is 16.4 Å². The smallest absolute Gasteiger partial charge is 0.270 e. The van der Waals surface area contributed by atoms with E-state index in [2.05, 4.69) is 10.4 Å². The van der Waals surface area contributed by atoms with Gasteiger partial charge in [0.05, 0.1) is 12.2 Å². The molecule has 3 rings (SSSR count). The maximum Gasteiger partial charge on any atom is 0.270 e. The minimum atomic E-state index is -0.759. The fraction of sp³-hybridized carbons (Fsp3) is 0.200. The van der Waals surface area contributed by atoms with Gasteiger partial charge in [-0.2, -0.15) is 5.10 Å². The van der Waals surface area contributed by atoms with Gasteiger partial charge in [-0.3, -0.25) is 19.4 Å². The Bertz CT molecular complexity index is 964. The number of likely N-dealkylation sites (N-methyl/N-ethyl adjacent to an activating group) is 1. The van der Waals surface area contributed by atoms with Gasteiger partial charge in [-0.1, -0.05) is 35.9 Å². The third-order valence-electron chi connectivity index (χ3n) is 4.34. The van der Waals surface area contributed by atoms with Crippen molar-refractivity contribution in [1.29, 1.82) is 0 Å². The number of halogens is 1. The molecule has 1 atom stereocenters. The third-order valence-corrected chi connectivity index (χ3v) is 4.58. The van der Waals surface area contributed by atoms with Gasteiger partial charge in [0.25, 0.3) is 5.91 Å². The van der Waals surface area contributed by atoms with E-state index in [4.69, 9.17) is 17.3 Å². The molecule has 0 aromatic heterocycles. The summed E-state index contributed by atoms with van der Waals surface area (Å²) in [7, 11) is 1.49. The van der Waals surface area contributed by atoms with Crippen molar-refractivity contribution in [3.63, 3.8) is 0 Å². The van der Waals surface area contributed by atoms with Crippen LogP contribution in [0.3, 0.4) is 0 Å². The van der Waals surface area contributed by atoms with E-state index in [1.165, 1.54) is 17.0 Å². The van der Waals surface area contributed by atoms with E-state index in [0.717, 1.165) is 0 Å². The summed E-state index contributed by atoms with van der Waals surface area (Å²) in [6.07, 6.45) is 0.0727. The van der Waals surface area contributed by atoms with Gasteiger partial charge in [-0.25, -0.2) is 0 Å². The second-order valence-corrected chi connectivity index (χ2v) is 7.01. The number of primary amides is 1. The number of rotatable bonds is 6. The van der Waals surface area contributed by atoms with Gasteiger partial charge in [0.15, 0.2) is 0 Å². The Morgan fingerprint density at radius 1 is 1.21 bits per heavy atom. The molecule has 3 amide bonds. The molecule has 3 N–H and O–H groups in total. The number of amides is 3. The van der Waals surface area contributed by atoms with Gasteiger partial charge in [-0.05, 0) is 30.3 Å². The third kappa shape index (κ3) is 4.91. The summed E-state index contributed by atoms with van der Waals surface area (Å²) >= 11 is 5.90. The lowest BCUT2D eigenvalue weighted by Crippen LogP contribution is -2.41. The topological polar surface area (TPSA) is 108 Å². The molecule has 9 heteroatoms. The van der Waals surface area contributed by atoms with Gasteiger partial charge in [0, 0.05) is 24.2 Å². The highest BCUT2D eigenvalue weighted by atomic mass is 35.5. The van der Waals surface area contributed by atoms with Crippen LogP contribution in [0.1, 0.15) is 6.42 Å². The molecule has 2 aromatic carbocycles. The van der Waals surface area contributed by atoms with E-state index in [9.17, 15) is 14.4 Å². The maximum absolute atomic E-state index is 12.7. The molecule has 0 radical (unpaired) electrons. The van der Waals surface area contributed by atoms with Gasteiger partial charge < -0.3 is 16.0 Å². The lowest BCUT2D eigenvalue weighted by molar-refractivity contribution is -0.127. The first kappa shape index (κ1) is 20.3. The number of hydrogen-bond acceptors (Lipinski definition) is 5. The Balaban J connectivity index is 1.68.